The van der Waals surface area contributed by atoms with Crippen LogP contribution in [-0.2, 0) is 31.3 Å². The van der Waals surface area contributed by atoms with Crippen LogP contribution in [0.15, 0.2) is 84.9 Å². The third kappa shape index (κ3) is 4.71. The van der Waals surface area contributed by atoms with E-state index >= 15 is 0 Å². The van der Waals surface area contributed by atoms with Crippen molar-refractivity contribution in [2.45, 2.75) is 19.4 Å². The molecule has 152 valence electrons. The predicted molar refractivity (Wildman–Crippen MR) is 121 cm³/mol. The minimum absolute atomic E-state index is 0.0311. The van der Waals surface area contributed by atoms with E-state index in [1.807, 2.05) is 55.6 Å². The molecule has 0 saturated heterocycles. The Labute approximate surface area is 177 Å². The molecule has 0 aliphatic rings. The first-order valence-electron chi connectivity index (χ1n) is 10.3. The first-order valence-corrected chi connectivity index (χ1v) is 10.3. The van der Waals surface area contributed by atoms with Crippen molar-refractivity contribution in [3.63, 3.8) is 0 Å². The van der Waals surface area contributed by atoms with Crippen molar-refractivity contribution in [3.05, 3.63) is 102 Å². The van der Waals surface area contributed by atoms with Crippen molar-refractivity contribution in [1.29, 1.82) is 0 Å². The van der Waals surface area contributed by atoms with Crippen LogP contribution in [0.5, 0.6) is 5.75 Å². The maximum atomic E-state index is 12.5. The summed E-state index contributed by atoms with van der Waals surface area (Å²) in [6.07, 6.45) is 1.18. The molecule has 1 amide bonds. The third-order valence-corrected chi connectivity index (χ3v) is 5.30. The van der Waals surface area contributed by atoms with Gasteiger partial charge in [0.2, 0.25) is 5.91 Å². The molecule has 4 heteroatoms. The number of aryl methyl sites for hydroxylation is 1. The number of nitrogens with zero attached hydrogens (tertiary/aromatic N) is 1. The summed E-state index contributed by atoms with van der Waals surface area (Å²) < 4.78 is 8.15. The maximum Gasteiger partial charge on any atom is 0.225 e. The number of carbonyl (C=O) groups is 1. The van der Waals surface area contributed by atoms with Gasteiger partial charge < -0.3 is 14.6 Å². The van der Waals surface area contributed by atoms with Crippen LogP contribution in [0.25, 0.3) is 10.9 Å². The summed E-state index contributed by atoms with van der Waals surface area (Å²) in [5, 5.41) is 4.06. The summed E-state index contributed by atoms with van der Waals surface area (Å²) in [5.41, 5.74) is 4.39. The van der Waals surface area contributed by atoms with Gasteiger partial charge in [0.1, 0.15) is 12.4 Å². The number of fused-ring (bicyclic) bond motifs is 1. The molecule has 30 heavy (non-hydrogen) atoms. The normalized spacial score (nSPS) is 10.8. The lowest BCUT2D eigenvalue weighted by molar-refractivity contribution is -0.120. The van der Waals surface area contributed by atoms with Crippen molar-refractivity contribution < 1.29 is 9.53 Å². The summed E-state index contributed by atoms with van der Waals surface area (Å²) in [6, 6.07) is 28.4. The van der Waals surface area contributed by atoms with E-state index in [2.05, 4.69) is 46.3 Å². The summed E-state index contributed by atoms with van der Waals surface area (Å²) in [7, 11) is 2.00. The Hall–Kier alpha value is -3.53. The van der Waals surface area contributed by atoms with Crippen molar-refractivity contribution in [3.8, 4) is 5.75 Å². The number of nitrogens with one attached hydrogen (secondary N) is 1. The van der Waals surface area contributed by atoms with E-state index in [9.17, 15) is 4.79 Å². The van der Waals surface area contributed by atoms with Crippen LogP contribution >= 0.6 is 0 Å². The molecule has 4 aromatic rings. The first-order chi connectivity index (χ1) is 14.7. The van der Waals surface area contributed by atoms with Crippen LogP contribution < -0.4 is 10.1 Å². The molecule has 3 aromatic carbocycles. The zero-order chi connectivity index (χ0) is 20.8. The molecule has 0 saturated carbocycles. The lowest BCUT2D eigenvalue weighted by Crippen LogP contribution is -2.27. The number of hydrogen-bond acceptors (Lipinski definition) is 2. The quantitative estimate of drug-likeness (QED) is 0.469. The smallest absolute Gasteiger partial charge is 0.225 e. The molecule has 1 N–H and O–H groups in total. The fraction of sp³-hybridized carbons (Fsp3) is 0.192. The van der Waals surface area contributed by atoms with Gasteiger partial charge in [-0.3, -0.25) is 4.79 Å². The van der Waals surface area contributed by atoms with E-state index in [1.165, 1.54) is 5.56 Å². The predicted octanol–water partition coefficient (Wildman–Crippen LogP) is 4.66. The van der Waals surface area contributed by atoms with Gasteiger partial charge in [-0.25, -0.2) is 0 Å². The van der Waals surface area contributed by atoms with Crippen molar-refractivity contribution in [2.75, 3.05) is 6.54 Å². The van der Waals surface area contributed by atoms with Crippen LogP contribution in [0.1, 0.15) is 16.8 Å². The van der Waals surface area contributed by atoms with Gasteiger partial charge in [0.15, 0.2) is 0 Å². The average molecular weight is 399 g/mol. The van der Waals surface area contributed by atoms with Crippen molar-refractivity contribution in [2.24, 2.45) is 7.05 Å². The molecular formula is C26H26N2O2. The Bertz CT molecular complexity index is 1120. The molecule has 0 bridgehead atoms. The lowest BCUT2D eigenvalue weighted by atomic mass is 10.1. The van der Waals surface area contributed by atoms with E-state index in [1.54, 1.807) is 0 Å². The highest BCUT2D eigenvalue weighted by molar-refractivity contribution is 5.89. The molecular weight excluding hydrogens is 372 g/mol. The molecule has 1 aromatic heterocycles. The molecule has 4 nitrogen and oxygen atoms in total. The molecule has 0 aliphatic carbocycles. The second kappa shape index (κ2) is 9.31. The molecule has 0 aliphatic heterocycles. The summed E-state index contributed by atoms with van der Waals surface area (Å²) in [6.45, 7) is 1.16. The Morgan fingerprint density at radius 1 is 0.900 bits per heavy atom. The van der Waals surface area contributed by atoms with Gasteiger partial charge in [0.05, 0.1) is 11.9 Å². The minimum atomic E-state index is 0.0311. The second-order valence-electron chi connectivity index (χ2n) is 7.42. The highest BCUT2D eigenvalue weighted by Gasteiger charge is 2.13. The van der Waals surface area contributed by atoms with Crippen LogP contribution in [0, 0.1) is 0 Å². The Balaban J connectivity index is 1.41. The highest BCUT2D eigenvalue weighted by Crippen LogP contribution is 2.29. The average Bonchev–Trinajstić information content (AvgIpc) is 3.09. The molecule has 1 heterocycles. The summed E-state index contributed by atoms with van der Waals surface area (Å²) in [5.74, 6) is 0.867. The van der Waals surface area contributed by atoms with Crippen LogP contribution in [0.2, 0.25) is 0 Å². The van der Waals surface area contributed by atoms with Crippen molar-refractivity contribution >= 4 is 16.8 Å². The Morgan fingerprint density at radius 3 is 2.33 bits per heavy atom. The number of benzene rings is 3. The second-order valence-corrected chi connectivity index (χ2v) is 7.42. The van der Waals surface area contributed by atoms with Gasteiger partial charge in [0.25, 0.3) is 0 Å². The molecule has 0 spiro atoms. The van der Waals surface area contributed by atoms with E-state index < -0.39 is 0 Å². The number of amides is 1. The molecule has 0 atom stereocenters. The van der Waals surface area contributed by atoms with E-state index in [0.717, 1.165) is 34.3 Å². The lowest BCUT2D eigenvalue weighted by Gasteiger charge is -2.08. The molecule has 4 rings (SSSR count). The van der Waals surface area contributed by atoms with Gasteiger partial charge in [-0.2, -0.15) is 0 Å². The number of carbonyl (C=O) groups excluding carboxylic acids is 1. The fourth-order valence-electron chi connectivity index (χ4n) is 3.64. The van der Waals surface area contributed by atoms with Crippen LogP contribution in [0.4, 0.5) is 0 Å². The van der Waals surface area contributed by atoms with E-state index in [4.69, 9.17) is 4.74 Å². The number of hydrogen-bond donors (Lipinski definition) is 1. The molecule has 0 fully saturated rings. The van der Waals surface area contributed by atoms with E-state index in [-0.39, 0.29) is 5.91 Å². The van der Waals surface area contributed by atoms with E-state index in [0.29, 0.717) is 19.6 Å². The fourth-order valence-corrected chi connectivity index (χ4v) is 3.64. The van der Waals surface area contributed by atoms with Crippen LogP contribution in [-0.4, -0.2) is 17.0 Å². The zero-order valence-corrected chi connectivity index (χ0v) is 17.2. The maximum absolute atomic E-state index is 12.5. The molecule has 0 radical (unpaired) electrons. The SMILES string of the molecule is Cn1c(CC(=O)NCCc2ccccc2)cc2c(OCc3ccccc3)cccc21. The Morgan fingerprint density at radius 2 is 1.60 bits per heavy atom. The standard InChI is InChI=1S/C26H26N2O2/c1-28-22(18-26(29)27-16-15-20-9-4-2-5-10-20)17-23-24(28)13-8-14-25(23)30-19-21-11-6-3-7-12-21/h2-14,17H,15-16,18-19H2,1H3,(H,27,29). The number of ether oxygens (including phenoxy) is 1. The minimum Gasteiger partial charge on any atom is -0.488 e. The molecule has 0 unspecified atom stereocenters. The largest absolute Gasteiger partial charge is 0.488 e. The third-order valence-electron chi connectivity index (χ3n) is 5.30. The van der Waals surface area contributed by atoms with Gasteiger partial charge in [-0.15, -0.1) is 0 Å². The number of aromatic nitrogens is 1. The topological polar surface area (TPSA) is 43.3 Å². The van der Waals surface area contributed by atoms with Gasteiger partial charge >= 0.3 is 0 Å². The van der Waals surface area contributed by atoms with Crippen molar-refractivity contribution in [1.82, 2.24) is 9.88 Å². The first kappa shape index (κ1) is 19.8. The van der Waals surface area contributed by atoms with Gasteiger partial charge in [-0.05, 0) is 35.7 Å². The highest BCUT2D eigenvalue weighted by atomic mass is 16.5. The summed E-state index contributed by atoms with van der Waals surface area (Å²) >= 11 is 0. The zero-order valence-electron chi connectivity index (χ0n) is 17.2. The summed E-state index contributed by atoms with van der Waals surface area (Å²) in [4.78, 5) is 12.5. The Kier molecular flexibility index (Phi) is 6.14. The van der Waals surface area contributed by atoms with Gasteiger partial charge in [0, 0.05) is 24.7 Å². The van der Waals surface area contributed by atoms with Crippen LogP contribution in [0.3, 0.4) is 0 Å². The monoisotopic (exact) mass is 398 g/mol. The number of rotatable bonds is 8. The van der Waals surface area contributed by atoms with Gasteiger partial charge in [-0.1, -0.05) is 66.7 Å².